The van der Waals surface area contributed by atoms with Crippen molar-refractivity contribution < 1.29 is 23.9 Å². The van der Waals surface area contributed by atoms with Crippen LogP contribution in [0.1, 0.15) is 66.7 Å². The predicted molar refractivity (Wildman–Crippen MR) is 93.5 cm³/mol. The number of amides is 2. The molecule has 26 heavy (non-hydrogen) atoms. The number of rotatable bonds is 5. The van der Waals surface area contributed by atoms with Gasteiger partial charge in [0, 0.05) is 6.42 Å². The van der Waals surface area contributed by atoms with Gasteiger partial charge in [-0.1, -0.05) is 26.0 Å². The Morgan fingerprint density at radius 3 is 2.27 bits per heavy atom. The van der Waals surface area contributed by atoms with Gasteiger partial charge < -0.3 is 4.74 Å². The van der Waals surface area contributed by atoms with Crippen LogP contribution in [0, 0.1) is 5.92 Å². The lowest BCUT2D eigenvalue weighted by molar-refractivity contribution is -0.160. The van der Waals surface area contributed by atoms with Crippen molar-refractivity contribution in [2.24, 2.45) is 5.92 Å². The monoisotopic (exact) mass is 357 g/mol. The molecule has 1 aromatic rings. The summed E-state index contributed by atoms with van der Waals surface area (Å²) in [6.07, 6.45) is 2.07. The van der Waals surface area contributed by atoms with Crippen LogP contribution in [0.3, 0.4) is 0 Å². The van der Waals surface area contributed by atoms with Crippen LogP contribution < -0.4 is 0 Å². The number of Topliss-reactive ketones (excluding diaryl/α,β-unsaturated/α-hetero) is 1. The Bertz CT molecular complexity index is 719. The smallest absolute Gasteiger partial charge is 0.330 e. The van der Waals surface area contributed by atoms with Gasteiger partial charge in [0.15, 0.2) is 11.9 Å². The zero-order chi connectivity index (χ0) is 18.8. The molecule has 1 aliphatic carbocycles. The van der Waals surface area contributed by atoms with Crippen LogP contribution >= 0.6 is 0 Å². The van der Waals surface area contributed by atoms with Crippen LogP contribution in [0.2, 0.25) is 0 Å². The molecule has 1 aromatic carbocycles. The highest BCUT2D eigenvalue weighted by atomic mass is 16.5. The van der Waals surface area contributed by atoms with Crippen molar-refractivity contribution in [3.63, 3.8) is 0 Å². The van der Waals surface area contributed by atoms with Crippen LogP contribution in [0.25, 0.3) is 0 Å². The maximum Gasteiger partial charge on any atom is 0.330 e. The number of nitrogens with zero attached hydrogens (tertiary/aromatic N) is 1. The normalized spacial score (nSPS) is 21.1. The van der Waals surface area contributed by atoms with Crippen LogP contribution in [-0.2, 0) is 14.3 Å². The van der Waals surface area contributed by atoms with E-state index >= 15 is 0 Å². The second-order valence-corrected chi connectivity index (χ2v) is 7.31. The molecule has 1 aliphatic heterocycles. The Labute approximate surface area is 152 Å². The van der Waals surface area contributed by atoms with Gasteiger partial charge in [0.05, 0.1) is 11.1 Å². The van der Waals surface area contributed by atoms with Gasteiger partial charge in [0.2, 0.25) is 0 Å². The molecule has 1 fully saturated rings. The van der Waals surface area contributed by atoms with E-state index in [0.29, 0.717) is 30.4 Å². The largest absolute Gasteiger partial charge is 0.453 e. The van der Waals surface area contributed by atoms with Gasteiger partial charge in [0.25, 0.3) is 11.8 Å². The van der Waals surface area contributed by atoms with Gasteiger partial charge >= 0.3 is 5.97 Å². The second kappa shape index (κ2) is 7.40. The van der Waals surface area contributed by atoms with E-state index in [1.807, 2.05) is 13.8 Å². The van der Waals surface area contributed by atoms with Gasteiger partial charge in [-0.3, -0.25) is 19.3 Å². The molecule has 138 valence electrons. The highest BCUT2D eigenvalue weighted by molar-refractivity contribution is 6.22. The summed E-state index contributed by atoms with van der Waals surface area (Å²) in [6, 6.07) is 5.52. The number of imide groups is 1. The van der Waals surface area contributed by atoms with Crippen molar-refractivity contribution in [1.82, 2.24) is 4.90 Å². The van der Waals surface area contributed by atoms with E-state index in [9.17, 15) is 19.2 Å². The van der Waals surface area contributed by atoms with E-state index in [-0.39, 0.29) is 11.7 Å². The van der Waals surface area contributed by atoms with Gasteiger partial charge in [-0.2, -0.15) is 0 Å². The van der Waals surface area contributed by atoms with Crippen molar-refractivity contribution in [2.45, 2.75) is 58.1 Å². The molecule has 2 atom stereocenters. The lowest BCUT2D eigenvalue weighted by Crippen LogP contribution is -2.48. The topological polar surface area (TPSA) is 80.8 Å². The molecule has 6 heteroatoms. The number of esters is 1. The summed E-state index contributed by atoms with van der Waals surface area (Å²) in [5.74, 6) is -1.66. The number of ketones is 1. The van der Waals surface area contributed by atoms with Gasteiger partial charge in [0.1, 0.15) is 6.04 Å². The van der Waals surface area contributed by atoms with E-state index in [4.69, 9.17) is 4.74 Å². The van der Waals surface area contributed by atoms with Crippen molar-refractivity contribution in [3.05, 3.63) is 35.4 Å². The third kappa shape index (κ3) is 3.41. The van der Waals surface area contributed by atoms with E-state index in [1.165, 1.54) is 0 Å². The lowest BCUT2D eigenvalue weighted by Gasteiger charge is -2.28. The first kappa shape index (κ1) is 18.3. The molecule has 0 N–H and O–H groups in total. The Hall–Kier alpha value is -2.50. The summed E-state index contributed by atoms with van der Waals surface area (Å²) in [7, 11) is 0. The van der Waals surface area contributed by atoms with Crippen molar-refractivity contribution >= 4 is 23.6 Å². The minimum atomic E-state index is -1.02. The minimum absolute atomic E-state index is 0.0684. The Kier molecular flexibility index (Phi) is 5.20. The number of ether oxygens (including phenoxy) is 1. The summed E-state index contributed by atoms with van der Waals surface area (Å²) in [4.78, 5) is 51.2. The molecule has 1 saturated carbocycles. The van der Waals surface area contributed by atoms with E-state index in [1.54, 1.807) is 24.3 Å². The van der Waals surface area contributed by atoms with Crippen LogP contribution in [0.15, 0.2) is 24.3 Å². The van der Waals surface area contributed by atoms with Gasteiger partial charge in [-0.25, -0.2) is 4.79 Å². The van der Waals surface area contributed by atoms with Crippen molar-refractivity contribution in [3.8, 4) is 0 Å². The molecule has 0 aromatic heterocycles. The Morgan fingerprint density at radius 2 is 1.73 bits per heavy atom. The number of hydrogen-bond donors (Lipinski definition) is 0. The van der Waals surface area contributed by atoms with Crippen LogP contribution in [0.4, 0.5) is 0 Å². The lowest BCUT2D eigenvalue weighted by atomic mass is 9.96. The SMILES string of the molecule is CC(C)C[C@@H](C(=O)O[C@@H]1CCCCC1=O)N1C(=O)c2ccccc2C1=O. The maximum absolute atomic E-state index is 12.8. The Balaban J connectivity index is 1.84. The summed E-state index contributed by atoms with van der Waals surface area (Å²) < 4.78 is 5.44. The second-order valence-electron chi connectivity index (χ2n) is 7.31. The first-order valence-electron chi connectivity index (χ1n) is 9.10. The fraction of sp³-hybridized carbons (Fsp3) is 0.500. The number of benzene rings is 1. The van der Waals surface area contributed by atoms with E-state index in [2.05, 4.69) is 0 Å². The average molecular weight is 357 g/mol. The molecule has 1 heterocycles. The van der Waals surface area contributed by atoms with Gasteiger partial charge in [-0.05, 0) is 43.7 Å². The maximum atomic E-state index is 12.8. The quantitative estimate of drug-likeness (QED) is 0.598. The molecule has 0 bridgehead atoms. The van der Waals surface area contributed by atoms with Crippen LogP contribution in [-0.4, -0.2) is 40.6 Å². The fourth-order valence-corrected chi connectivity index (χ4v) is 3.54. The molecule has 3 rings (SSSR count). The zero-order valence-electron chi connectivity index (χ0n) is 15.1. The summed E-state index contributed by atoms with van der Waals surface area (Å²) in [6.45, 7) is 3.81. The van der Waals surface area contributed by atoms with E-state index < -0.39 is 29.9 Å². The molecule has 0 spiro atoms. The third-order valence-electron chi connectivity index (χ3n) is 4.86. The average Bonchev–Trinajstić information content (AvgIpc) is 2.86. The van der Waals surface area contributed by atoms with E-state index in [0.717, 1.165) is 17.7 Å². The standard InChI is InChI=1S/C20H23NO5/c1-12(2)11-15(20(25)26-17-10-6-5-9-16(17)22)21-18(23)13-7-3-4-8-14(13)19(21)24/h3-4,7-8,12,15,17H,5-6,9-11H2,1-2H3/t15-,17+/m0/s1. The zero-order valence-corrected chi connectivity index (χ0v) is 15.1. The molecule has 0 unspecified atom stereocenters. The third-order valence-corrected chi connectivity index (χ3v) is 4.86. The summed E-state index contributed by atoms with van der Waals surface area (Å²) in [5, 5.41) is 0. The number of fused-ring (bicyclic) bond motifs is 1. The first-order chi connectivity index (χ1) is 12.4. The highest BCUT2D eigenvalue weighted by Crippen LogP contribution is 2.28. The summed E-state index contributed by atoms with van der Waals surface area (Å²) in [5.41, 5.74) is 0.598. The number of carbonyl (C=O) groups is 4. The summed E-state index contributed by atoms with van der Waals surface area (Å²) >= 11 is 0. The fourth-order valence-electron chi connectivity index (χ4n) is 3.54. The molecule has 2 amide bonds. The van der Waals surface area contributed by atoms with Crippen molar-refractivity contribution in [2.75, 3.05) is 0 Å². The number of hydrogen-bond acceptors (Lipinski definition) is 5. The molecule has 0 radical (unpaired) electrons. The molecule has 2 aliphatic rings. The minimum Gasteiger partial charge on any atom is -0.453 e. The first-order valence-corrected chi connectivity index (χ1v) is 9.10. The van der Waals surface area contributed by atoms with Crippen LogP contribution in [0.5, 0.6) is 0 Å². The highest BCUT2D eigenvalue weighted by Gasteiger charge is 2.44. The predicted octanol–water partition coefficient (Wildman–Crippen LogP) is 2.75. The molecule has 6 nitrogen and oxygen atoms in total. The van der Waals surface area contributed by atoms with Gasteiger partial charge in [-0.15, -0.1) is 0 Å². The number of carbonyl (C=O) groups excluding carboxylic acids is 4. The molecular weight excluding hydrogens is 334 g/mol. The molecule has 0 saturated heterocycles. The Morgan fingerprint density at radius 1 is 1.12 bits per heavy atom. The molecular formula is C20H23NO5. The van der Waals surface area contributed by atoms with Crippen molar-refractivity contribution in [1.29, 1.82) is 0 Å².